The van der Waals surface area contributed by atoms with Gasteiger partial charge >= 0.3 is 0 Å². The number of halogens is 5. The molecular formula is C13H6F4IN3. The molecule has 0 bridgehead atoms. The molecule has 0 saturated heterocycles. The summed E-state index contributed by atoms with van der Waals surface area (Å²) in [6.45, 7) is 0. The number of imidazole rings is 1. The van der Waals surface area contributed by atoms with E-state index in [4.69, 9.17) is 5.73 Å². The van der Waals surface area contributed by atoms with E-state index in [9.17, 15) is 17.6 Å². The minimum atomic E-state index is -1.32. The van der Waals surface area contributed by atoms with Crippen LogP contribution >= 0.6 is 22.6 Å². The van der Waals surface area contributed by atoms with Gasteiger partial charge in [0.1, 0.15) is 11.6 Å². The minimum absolute atomic E-state index is 0.156. The van der Waals surface area contributed by atoms with Crippen LogP contribution < -0.4 is 5.73 Å². The average Bonchev–Trinajstić information content (AvgIpc) is 2.70. The molecule has 1 aromatic heterocycles. The summed E-state index contributed by atoms with van der Waals surface area (Å²) in [6, 6.07) is 3.59. The summed E-state index contributed by atoms with van der Waals surface area (Å²) in [5.74, 6) is -4.29. The zero-order valence-corrected chi connectivity index (χ0v) is 12.3. The molecule has 2 aromatic carbocycles. The molecule has 0 spiro atoms. The van der Waals surface area contributed by atoms with E-state index in [1.165, 1.54) is 6.07 Å². The smallest absolute Gasteiger partial charge is 0.206 e. The Hall–Kier alpha value is -1.84. The fourth-order valence-corrected chi connectivity index (χ4v) is 2.48. The highest BCUT2D eigenvalue weighted by Crippen LogP contribution is 2.28. The van der Waals surface area contributed by atoms with Gasteiger partial charge in [0, 0.05) is 18.2 Å². The third kappa shape index (κ3) is 2.23. The quantitative estimate of drug-likeness (QED) is 0.379. The van der Waals surface area contributed by atoms with Crippen LogP contribution in [0.2, 0.25) is 0 Å². The topological polar surface area (TPSA) is 43.8 Å². The van der Waals surface area contributed by atoms with Gasteiger partial charge in [0.05, 0.1) is 20.3 Å². The molecule has 0 amide bonds. The second-order valence-electron chi connectivity index (χ2n) is 4.28. The Balaban J connectivity index is 2.37. The number of nitrogens with zero attached hydrogens (tertiary/aromatic N) is 2. The number of hydrogen-bond donors (Lipinski definition) is 1. The van der Waals surface area contributed by atoms with Gasteiger partial charge in [-0.05, 0) is 28.7 Å². The number of aromatic nitrogens is 2. The van der Waals surface area contributed by atoms with E-state index in [-0.39, 0.29) is 17.2 Å². The predicted molar refractivity (Wildman–Crippen MR) is 78.0 cm³/mol. The van der Waals surface area contributed by atoms with Crippen LogP contribution in [0.1, 0.15) is 0 Å². The van der Waals surface area contributed by atoms with Crippen molar-refractivity contribution in [3.05, 3.63) is 51.1 Å². The highest BCUT2D eigenvalue weighted by atomic mass is 127. The molecule has 1 heterocycles. The Bertz CT molecular complexity index is 876. The largest absolute Gasteiger partial charge is 0.369 e. The van der Waals surface area contributed by atoms with Gasteiger partial charge in [0.2, 0.25) is 5.95 Å². The van der Waals surface area contributed by atoms with E-state index in [1.54, 1.807) is 22.6 Å². The summed E-state index contributed by atoms with van der Waals surface area (Å²) in [5.41, 5.74) is 5.83. The molecule has 0 unspecified atom stereocenters. The molecule has 0 radical (unpaired) electrons. The second kappa shape index (κ2) is 4.86. The lowest BCUT2D eigenvalue weighted by Gasteiger charge is -2.08. The maximum Gasteiger partial charge on any atom is 0.206 e. The first-order valence-corrected chi connectivity index (χ1v) is 6.74. The first kappa shape index (κ1) is 14.1. The van der Waals surface area contributed by atoms with Gasteiger partial charge in [-0.3, -0.25) is 4.57 Å². The molecule has 108 valence electrons. The van der Waals surface area contributed by atoms with Gasteiger partial charge < -0.3 is 5.73 Å². The molecule has 0 atom stereocenters. The second-order valence-corrected chi connectivity index (χ2v) is 5.44. The van der Waals surface area contributed by atoms with Gasteiger partial charge in [0.25, 0.3) is 0 Å². The van der Waals surface area contributed by atoms with Crippen molar-refractivity contribution < 1.29 is 17.6 Å². The van der Waals surface area contributed by atoms with Crippen molar-refractivity contribution in [2.24, 2.45) is 0 Å². The van der Waals surface area contributed by atoms with Crippen LogP contribution in [-0.4, -0.2) is 9.55 Å². The summed E-state index contributed by atoms with van der Waals surface area (Å²) in [7, 11) is 0. The summed E-state index contributed by atoms with van der Waals surface area (Å²) in [5, 5.41) is 0. The Morgan fingerprint density at radius 1 is 0.905 bits per heavy atom. The molecule has 0 saturated carbocycles. The summed E-state index contributed by atoms with van der Waals surface area (Å²) in [6.07, 6.45) is 0. The highest BCUT2D eigenvalue weighted by molar-refractivity contribution is 14.1. The number of fused-ring (bicyclic) bond motifs is 1. The van der Waals surface area contributed by atoms with Crippen molar-refractivity contribution in [1.82, 2.24) is 9.55 Å². The fourth-order valence-electron chi connectivity index (χ4n) is 2.03. The van der Waals surface area contributed by atoms with Gasteiger partial charge in [0.15, 0.2) is 11.6 Å². The van der Waals surface area contributed by atoms with Gasteiger partial charge in [-0.25, -0.2) is 22.5 Å². The Morgan fingerprint density at radius 3 is 2.29 bits per heavy atom. The van der Waals surface area contributed by atoms with Gasteiger partial charge in [-0.1, -0.05) is 0 Å². The van der Waals surface area contributed by atoms with E-state index in [2.05, 4.69) is 4.98 Å². The van der Waals surface area contributed by atoms with Crippen molar-refractivity contribution in [3.8, 4) is 5.69 Å². The maximum absolute atomic E-state index is 13.9. The maximum atomic E-state index is 13.9. The molecular weight excluding hydrogens is 401 g/mol. The molecule has 21 heavy (non-hydrogen) atoms. The highest BCUT2D eigenvalue weighted by Gasteiger charge is 2.18. The summed E-state index contributed by atoms with van der Waals surface area (Å²) >= 11 is 1.78. The SMILES string of the molecule is Nc1nc2cc(I)c(F)cc2n1-c1cc(F)c(F)cc1F. The third-order valence-corrected chi connectivity index (χ3v) is 3.78. The van der Waals surface area contributed by atoms with Crippen molar-refractivity contribution >= 4 is 39.6 Å². The molecule has 8 heteroatoms. The predicted octanol–water partition coefficient (Wildman–Crippen LogP) is 3.77. The van der Waals surface area contributed by atoms with E-state index in [0.29, 0.717) is 21.2 Å². The van der Waals surface area contributed by atoms with Crippen molar-refractivity contribution in [1.29, 1.82) is 0 Å². The van der Waals surface area contributed by atoms with Gasteiger partial charge in [-0.2, -0.15) is 0 Å². The Labute approximate surface area is 129 Å². The molecule has 0 fully saturated rings. The van der Waals surface area contributed by atoms with E-state index in [1.807, 2.05) is 0 Å². The van der Waals surface area contributed by atoms with Crippen LogP contribution in [0.4, 0.5) is 23.5 Å². The van der Waals surface area contributed by atoms with Crippen molar-refractivity contribution in [2.75, 3.05) is 5.73 Å². The lowest BCUT2D eigenvalue weighted by molar-refractivity contribution is 0.493. The number of nitrogens with two attached hydrogens (primary N) is 1. The summed E-state index contributed by atoms with van der Waals surface area (Å²) < 4.78 is 55.2. The van der Waals surface area contributed by atoms with Crippen LogP contribution in [0.3, 0.4) is 0 Å². The lowest BCUT2D eigenvalue weighted by Crippen LogP contribution is -2.05. The molecule has 2 N–H and O–H groups in total. The molecule has 0 aliphatic heterocycles. The third-order valence-electron chi connectivity index (χ3n) is 2.95. The van der Waals surface area contributed by atoms with E-state index in [0.717, 1.165) is 10.6 Å². The molecule has 0 aliphatic carbocycles. The van der Waals surface area contributed by atoms with Gasteiger partial charge in [-0.15, -0.1) is 0 Å². The van der Waals surface area contributed by atoms with Crippen LogP contribution in [0.15, 0.2) is 24.3 Å². The average molecular weight is 407 g/mol. The normalized spacial score (nSPS) is 11.3. The first-order chi connectivity index (χ1) is 9.88. The lowest BCUT2D eigenvalue weighted by atomic mass is 10.2. The molecule has 3 nitrogen and oxygen atoms in total. The fraction of sp³-hybridized carbons (Fsp3) is 0. The molecule has 0 aliphatic rings. The number of nitrogen functional groups attached to an aromatic ring is 1. The monoisotopic (exact) mass is 407 g/mol. The number of anilines is 1. The van der Waals surface area contributed by atoms with E-state index < -0.39 is 23.3 Å². The number of hydrogen-bond acceptors (Lipinski definition) is 2. The van der Waals surface area contributed by atoms with E-state index >= 15 is 0 Å². The Morgan fingerprint density at radius 2 is 1.57 bits per heavy atom. The van der Waals surface area contributed by atoms with Crippen molar-refractivity contribution in [3.63, 3.8) is 0 Å². The Kier molecular flexibility index (Phi) is 3.27. The number of benzene rings is 2. The minimum Gasteiger partial charge on any atom is -0.369 e. The standard InChI is InChI=1S/C13H6F4IN3/c14-5-1-8(17)11(2-6(5)15)21-12-3-7(16)9(18)4-10(12)20-13(21)19/h1-4H,(H2,19,20). The van der Waals surface area contributed by atoms with Crippen LogP contribution in [0.25, 0.3) is 16.7 Å². The summed E-state index contributed by atoms with van der Waals surface area (Å²) in [4.78, 5) is 3.97. The zero-order chi connectivity index (χ0) is 15.3. The first-order valence-electron chi connectivity index (χ1n) is 5.66. The molecule has 3 aromatic rings. The van der Waals surface area contributed by atoms with Crippen molar-refractivity contribution in [2.45, 2.75) is 0 Å². The van der Waals surface area contributed by atoms with Crippen LogP contribution in [0.5, 0.6) is 0 Å². The van der Waals surface area contributed by atoms with Crippen LogP contribution in [-0.2, 0) is 0 Å². The molecule has 3 rings (SSSR count). The van der Waals surface area contributed by atoms with Crippen LogP contribution in [0, 0.1) is 26.8 Å². The number of rotatable bonds is 1. The zero-order valence-electron chi connectivity index (χ0n) is 10.2.